The first kappa shape index (κ1) is 21.9. The molecular formula is C15H23ClN2O5S2. The molecule has 1 aliphatic heterocycles. The Morgan fingerprint density at radius 3 is 2.60 bits per heavy atom. The fourth-order valence-corrected chi connectivity index (χ4v) is 5.08. The molecular weight excluding hydrogens is 388 g/mol. The maximum absolute atomic E-state index is 12.7. The minimum Gasteiger partial charge on any atom is -0.480 e. The second-order valence-corrected chi connectivity index (χ2v) is 9.35. The van der Waals surface area contributed by atoms with Crippen molar-refractivity contribution in [2.24, 2.45) is 0 Å². The number of sulfone groups is 1. The topological polar surface area (TPSA) is 95.0 Å². The fourth-order valence-electron chi connectivity index (χ4n) is 2.64. The van der Waals surface area contributed by atoms with Crippen LogP contribution in [-0.4, -0.2) is 72.4 Å². The smallest absolute Gasteiger partial charge is 0.320 e. The van der Waals surface area contributed by atoms with E-state index in [2.05, 4.69) is 0 Å². The van der Waals surface area contributed by atoms with E-state index in [0.29, 0.717) is 13.0 Å². The van der Waals surface area contributed by atoms with Crippen LogP contribution in [-0.2, 0) is 26.0 Å². The average Bonchev–Trinajstić information content (AvgIpc) is 3.12. The summed E-state index contributed by atoms with van der Waals surface area (Å²) in [5.74, 6) is -1.19. The van der Waals surface area contributed by atoms with Crippen molar-refractivity contribution in [1.29, 1.82) is 0 Å². The molecule has 0 aromatic carbocycles. The van der Waals surface area contributed by atoms with Crippen molar-refractivity contribution in [3.8, 4) is 0 Å². The Labute approximate surface area is 157 Å². The zero-order chi connectivity index (χ0) is 17.9. The molecule has 10 heteroatoms. The number of carbonyl (C=O) groups excluding carboxylic acids is 1. The Kier molecular flexibility index (Phi) is 7.86. The van der Waals surface area contributed by atoms with Crippen LogP contribution in [0.1, 0.15) is 18.2 Å². The summed E-state index contributed by atoms with van der Waals surface area (Å²) in [5.41, 5.74) is 0. The van der Waals surface area contributed by atoms with Gasteiger partial charge in [0.05, 0.1) is 24.6 Å². The lowest BCUT2D eigenvalue weighted by molar-refractivity contribution is -0.143. The van der Waals surface area contributed by atoms with Crippen LogP contribution < -0.4 is 0 Å². The molecule has 1 aliphatic rings. The van der Waals surface area contributed by atoms with Crippen LogP contribution in [0.25, 0.3) is 0 Å². The molecule has 142 valence electrons. The molecule has 25 heavy (non-hydrogen) atoms. The summed E-state index contributed by atoms with van der Waals surface area (Å²) in [4.78, 5) is 27.8. The number of carbonyl (C=O) groups is 2. The molecule has 2 heterocycles. The Morgan fingerprint density at radius 2 is 2.12 bits per heavy atom. The minimum absolute atomic E-state index is 0. The van der Waals surface area contributed by atoms with Gasteiger partial charge in [0.2, 0.25) is 5.91 Å². The van der Waals surface area contributed by atoms with E-state index in [4.69, 9.17) is 5.11 Å². The van der Waals surface area contributed by atoms with E-state index in [1.165, 1.54) is 23.2 Å². The number of carboxylic acids is 1. The molecule has 1 amide bonds. The van der Waals surface area contributed by atoms with Crippen LogP contribution in [0.4, 0.5) is 0 Å². The number of aliphatic carboxylic acids is 1. The van der Waals surface area contributed by atoms with Crippen molar-refractivity contribution in [1.82, 2.24) is 9.80 Å². The Balaban J connectivity index is 0.00000312. The van der Waals surface area contributed by atoms with Crippen LogP contribution in [0.3, 0.4) is 0 Å². The lowest BCUT2D eigenvalue weighted by atomic mass is 10.2. The summed E-state index contributed by atoms with van der Waals surface area (Å²) < 4.78 is 23.5. The number of hydrogen-bond acceptors (Lipinski definition) is 6. The van der Waals surface area contributed by atoms with E-state index in [1.54, 1.807) is 11.9 Å². The van der Waals surface area contributed by atoms with E-state index in [1.807, 2.05) is 17.5 Å². The van der Waals surface area contributed by atoms with Crippen LogP contribution in [0.5, 0.6) is 0 Å². The van der Waals surface area contributed by atoms with Gasteiger partial charge in [0, 0.05) is 10.9 Å². The van der Waals surface area contributed by atoms with Crippen LogP contribution in [0.2, 0.25) is 0 Å². The highest BCUT2D eigenvalue weighted by Gasteiger charge is 2.35. The molecule has 1 aromatic heterocycles. The Bertz CT molecular complexity index is 693. The molecule has 7 nitrogen and oxygen atoms in total. The SMILES string of the molecule is CC(C(=O)O)N(C)CC(=O)N(Cc1cccs1)C1CCS(=O)(=O)C1.Cl. The third-order valence-electron chi connectivity index (χ3n) is 4.28. The molecule has 0 bridgehead atoms. The van der Waals surface area contributed by atoms with E-state index < -0.39 is 21.8 Å². The summed E-state index contributed by atoms with van der Waals surface area (Å²) in [6.45, 7) is 1.81. The predicted octanol–water partition coefficient (Wildman–Crippen LogP) is 1.09. The van der Waals surface area contributed by atoms with Gasteiger partial charge in [0.25, 0.3) is 0 Å². The molecule has 0 radical (unpaired) electrons. The van der Waals surface area contributed by atoms with Crippen molar-refractivity contribution in [3.05, 3.63) is 22.4 Å². The molecule has 1 aromatic rings. The molecule has 0 aliphatic carbocycles. The third-order valence-corrected chi connectivity index (χ3v) is 6.89. The third kappa shape index (κ3) is 5.95. The van der Waals surface area contributed by atoms with E-state index in [0.717, 1.165) is 4.88 Å². The maximum atomic E-state index is 12.7. The van der Waals surface area contributed by atoms with Crippen LogP contribution in [0.15, 0.2) is 17.5 Å². The highest BCUT2D eigenvalue weighted by molar-refractivity contribution is 7.91. The second kappa shape index (κ2) is 8.98. The van der Waals surface area contributed by atoms with Gasteiger partial charge < -0.3 is 10.0 Å². The van der Waals surface area contributed by atoms with Crippen molar-refractivity contribution in [2.75, 3.05) is 25.1 Å². The molecule has 0 saturated carbocycles. The first-order valence-corrected chi connectivity index (χ1v) is 10.3. The first-order chi connectivity index (χ1) is 11.2. The maximum Gasteiger partial charge on any atom is 0.320 e. The molecule has 2 atom stereocenters. The Morgan fingerprint density at radius 1 is 1.44 bits per heavy atom. The Hall–Kier alpha value is -1.16. The van der Waals surface area contributed by atoms with Gasteiger partial charge in [-0.3, -0.25) is 14.5 Å². The second-order valence-electron chi connectivity index (χ2n) is 6.09. The standard InChI is InChI=1S/C15H22N2O5S2.ClH/c1-11(15(19)20)16(2)9-14(18)17(8-13-4-3-6-23-13)12-5-7-24(21,22)10-12;/h3-4,6,11-12H,5,7-10H2,1-2H3,(H,19,20);1H. The number of rotatable bonds is 7. The molecule has 1 saturated heterocycles. The number of amides is 1. The highest BCUT2D eigenvalue weighted by Crippen LogP contribution is 2.22. The minimum atomic E-state index is -3.11. The fraction of sp³-hybridized carbons (Fsp3) is 0.600. The van der Waals surface area contributed by atoms with Gasteiger partial charge in [-0.1, -0.05) is 6.07 Å². The average molecular weight is 411 g/mol. The summed E-state index contributed by atoms with van der Waals surface area (Å²) >= 11 is 1.51. The van der Waals surface area contributed by atoms with Gasteiger partial charge >= 0.3 is 5.97 Å². The molecule has 0 spiro atoms. The summed E-state index contributed by atoms with van der Waals surface area (Å²) in [6, 6.07) is 2.65. The van der Waals surface area contributed by atoms with E-state index in [9.17, 15) is 18.0 Å². The summed E-state index contributed by atoms with van der Waals surface area (Å²) in [5, 5.41) is 11.0. The number of likely N-dealkylation sites (N-methyl/N-ethyl adjacent to an activating group) is 1. The zero-order valence-corrected chi connectivity index (χ0v) is 16.6. The monoisotopic (exact) mass is 410 g/mol. The molecule has 1 fully saturated rings. The van der Waals surface area contributed by atoms with E-state index in [-0.39, 0.29) is 42.4 Å². The quantitative estimate of drug-likeness (QED) is 0.723. The lowest BCUT2D eigenvalue weighted by Gasteiger charge is -2.30. The van der Waals surface area contributed by atoms with Crippen LogP contribution in [0, 0.1) is 0 Å². The first-order valence-electron chi connectivity index (χ1n) is 7.65. The van der Waals surface area contributed by atoms with Gasteiger partial charge in [0.1, 0.15) is 6.04 Å². The van der Waals surface area contributed by atoms with Crippen molar-refractivity contribution < 1.29 is 23.1 Å². The summed E-state index contributed by atoms with van der Waals surface area (Å²) in [6.07, 6.45) is 0.428. The van der Waals surface area contributed by atoms with Crippen molar-refractivity contribution in [2.45, 2.75) is 32.0 Å². The van der Waals surface area contributed by atoms with E-state index >= 15 is 0 Å². The van der Waals surface area contributed by atoms with Crippen molar-refractivity contribution in [3.63, 3.8) is 0 Å². The molecule has 2 unspecified atom stereocenters. The normalized spacial score (nSPS) is 20.0. The van der Waals surface area contributed by atoms with Crippen molar-refractivity contribution >= 4 is 45.5 Å². The lowest BCUT2D eigenvalue weighted by Crippen LogP contribution is -2.47. The number of nitrogens with zero attached hydrogens (tertiary/aromatic N) is 2. The van der Waals surface area contributed by atoms with Gasteiger partial charge in [0.15, 0.2) is 9.84 Å². The van der Waals surface area contributed by atoms with Gasteiger partial charge in [-0.05, 0) is 31.8 Å². The number of thiophene rings is 1. The largest absolute Gasteiger partial charge is 0.480 e. The van der Waals surface area contributed by atoms with Crippen LogP contribution >= 0.6 is 23.7 Å². The molecule has 2 rings (SSSR count). The number of halogens is 1. The number of hydrogen-bond donors (Lipinski definition) is 1. The van der Waals surface area contributed by atoms with Gasteiger partial charge in [-0.15, -0.1) is 23.7 Å². The predicted molar refractivity (Wildman–Crippen MR) is 98.9 cm³/mol. The summed E-state index contributed by atoms with van der Waals surface area (Å²) in [7, 11) is -1.53. The number of carboxylic acid groups (broad SMARTS) is 1. The van der Waals surface area contributed by atoms with Gasteiger partial charge in [-0.25, -0.2) is 8.42 Å². The molecule has 1 N–H and O–H groups in total. The van der Waals surface area contributed by atoms with Gasteiger partial charge in [-0.2, -0.15) is 0 Å². The zero-order valence-electron chi connectivity index (χ0n) is 14.1. The highest BCUT2D eigenvalue weighted by atomic mass is 35.5.